The third-order valence-corrected chi connectivity index (χ3v) is 8.18. The van der Waals surface area contributed by atoms with Gasteiger partial charge in [-0.2, -0.15) is 0 Å². The van der Waals surface area contributed by atoms with E-state index in [1.165, 1.54) is 11.1 Å². The Bertz CT molecular complexity index is 1110. The van der Waals surface area contributed by atoms with Crippen LogP contribution in [0.2, 0.25) is 0 Å². The molecule has 4 nitrogen and oxygen atoms in total. The minimum atomic E-state index is -0.626. The molecule has 0 aliphatic carbocycles. The zero-order valence-corrected chi connectivity index (χ0v) is 22.8. The molecule has 2 N–H and O–H groups in total. The van der Waals surface area contributed by atoms with E-state index in [2.05, 4.69) is 85.9 Å². The molecule has 4 unspecified atom stereocenters. The van der Waals surface area contributed by atoms with Crippen LogP contribution in [0.4, 0.5) is 0 Å². The maximum atomic E-state index is 11.0. The summed E-state index contributed by atoms with van der Waals surface area (Å²) in [5.41, 5.74) is 2.05. The average molecular weight is 515 g/mol. The maximum absolute atomic E-state index is 11.0. The quantitative estimate of drug-likeness (QED) is 0.253. The number of hydrogen-bond acceptors (Lipinski definition) is 5. The topological polar surface area (TPSA) is 53.9 Å². The molecule has 0 spiro atoms. The summed E-state index contributed by atoms with van der Waals surface area (Å²) in [6, 6.07) is 29.2. The number of ether oxygens (including phenoxy) is 1. The molecule has 0 saturated heterocycles. The second kappa shape index (κ2) is 13.1. The number of rotatable bonds is 13. The van der Waals surface area contributed by atoms with E-state index >= 15 is 0 Å². The zero-order chi connectivity index (χ0) is 26.1. The minimum absolute atomic E-state index is 0.117. The number of benzene rings is 3. The Balaban J connectivity index is 1.41. The van der Waals surface area contributed by atoms with Gasteiger partial charge in [0.1, 0.15) is 12.4 Å². The Kier molecular flexibility index (Phi) is 9.62. The van der Waals surface area contributed by atoms with E-state index in [0.717, 1.165) is 17.2 Å². The van der Waals surface area contributed by atoms with Crippen LogP contribution in [0.5, 0.6) is 5.75 Å². The third-order valence-electron chi connectivity index (χ3n) is 7.40. The van der Waals surface area contributed by atoms with Crippen molar-refractivity contribution in [1.29, 1.82) is 0 Å². The van der Waals surface area contributed by atoms with E-state index in [1.807, 2.05) is 42.8 Å². The summed E-state index contributed by atoms with van der Waals surface area (Å²) in [5.74, 6) is 1.35. The lowest BCUT2D eigenvalue weighted by Gasteiger charge is -2.37. The van der Waals surface area contributed by atoms with Gasteiger partial charge in [0.05, 0.1) is 17.7 Å². The van der Waals surface area contributed by atoms with Crippen molar-refractivity contribution in [3.05, 3.63) is 108 Å². The molecule has 3 aromatic carbocycles. The summed E-state index contributed by atoms with van der Waals surface area (Å²) in [7, 11) is 0. The fraction of sp³-hybridized carbons (Fsp3) is 0.344. The van der Waals surface area contributed by atoms with Gasteiger partial charge >= 0.3 is 0 Å². The van der Waals surface area contributed by atoms with Gasteiger partial charge in [-0.3, -0.25) is 4.99 Å². The van der Waals surface area contributed by atoms with E-state index in [4.69, 9.17) is 9.73 Å². The number of aliphatic hydroxyl groups excluding tert-OH is 1. The van der Waals surface area contributed by atoms with Gasteiger partial charge in [0, 0.05) is 17.5 Å². The minimum Gasteiger partial charge on any atom is -0.490 e. The number of para-hydroxylation sites is 1. The highest BCUT2D eigenvalue weighted by Crippen LogP contribution is 2.37. The molecule has 4 rings (SSSR count). The Labute approximate surface area is 225 Å². The summed E-state index contributed by atoms with van der Waals surface area (Å²) >= 11 is 1.64. The maximum Gasteiger partial charge on any atom is 0.132 e. The number of aliphatic imine (C=N–C) groups is 1. The second-order valence-electron chi connectivity index (χ2n) is 9.88. The second-order valence-corrected chi connectivity index (χ2v) is 10.7. The molecule has 0 fully saturated rings. The molecule has 5 heteroatoms. The van der Waals surface area contributed by atoms with Crippen molar-refractivity contribution in [2.24, 2.45) is 16.8 Å². The molecule has 0 aromatic heterocycles. The Hall–Kier alpha value is -2.86. The molecule has 0 amide bonds. The molecule has 37 heavy (non-hydrogen) atoms. The molecular formula is C32H38N2O2S. The highest BCUT2D eigenvalue weighted by molar-refractivity contribution is 7.98. The Morgan fingerprint density at radius 3 is 2.14 bits per heavy atom. The van der Waals surface area contributed by atoms with Gasteiger partial charge < -0.3 is 15.2 Å². The monoisotopic (exact) mass is 514 g/mol. The van der Waals surface area contributed by atoms with Gasteiger partial charge in [0.25, 0.3) is 0 Å². The molecule has 1 aliphatic rings. The summed E-state index contributed by atoms with van der Waals surface area (Å²) in [5, 5.41) is 14.8. The molecule has 0 saturated carbocycles. The fourth-order valence-electron chi connectivity index (χ4n) is 5.06. The molecule has 1 aliphatic heterocycles. The predicted octanol–water partition coefficient (Wildman–Crippen LogP) is 6.57. The lowest BCUT2D eigenvalue weighted by Crippen LogP contribution is -2.42. The largest absolute Gasteiger partial charge is 0.490 e. The van der Waals surface area contributed by atoms with Crippen molar-refractivity contribution >= 4 is 18.0 Å². The van der Waals surface area contributed by atoms with Crippen LogP contribution < -0.4 is 10.1 Å². The summed E-state index contributed by atoms with van der Waals surface area (Å²) in [6.45, 7) is 5.59. The third kappa shape index (κ3) is 6.92. The molecular weight excluding hydrogens is 476 g/mol. The van der Waals surface area contributed by atoms with Crippen molar-refractivity contribution in [3.63, 3.8) is 0 Å². The van der Waals surface area contributed by atoms with Crippen LogP contribution in [0.25, 0.3) is 0 Å². The van der Waals surface area contributed by atoms with Gasteiger partial charge in [0.2, 0.25) is 0 Å². The number of nitrogens with one attached hydrogen (secondary N) is 1. The van der Waals surface area contributed by atoms with Crippen LogP contribution >= 0.6 is 11.8 Å². The number of nitrogens with zero attached hydrogens (tertiary/aromatic N) is 1. The SMILES string of the molecule is CSc1ccccc1OCC(O)CC1(C(C)C(C)CNC(c2ccccc2)c2ccccc2)C=CC=N1. The molecule has 0 bridgehead atoms. The Morgan fingerprint density at radius 1 is 0.919 bits per heavy atom. The van der Waals surface area contributed by atoms with Gasteiger partial charge in [0.15, 0.2) is 0 Å². The number of allylic oxidation sites excluding steroid dienone is 1. The summed E-state index contributed by atoms with van der Waals surface area (Å²) in [4.78, 5) is 5.95. The number of thioether (sulfide) groups is 1. The molecule has 3 aromatic rings. The number of hydrogen-bond donors (Lipinski definition) is 2. The van der Waals surface area contributed by atoms with E-state index in [9.17, 15) is 5.11 Å². The average Bonchev–Trinajstić information content (AvgIpc) is 3.42. The standard InChI is InChI=1S/C32H38N2O2S/c1-24(22-33-31(26-13-6-4-7-14-26)27-15-8-5-9-16-27)25(2)32(19-12-20-34-32)21-28(35)23-36-29-17-10-11-18-30(29)37-3/h4-20,24-25,28,31,33,35H,21-23H2,1-3H3. The number of aliphatic hydroxyl groups is 1. The van der Waals surface area contributed by atoms with Gasteiger partial charge in [-0.25, -0.2) is 0 Å². The first-order valence-electron chi connectivity index (χ1n) is 13.0. The van der Waals surface area contributed by atoms with Crippen LogP contribution in [0.1, 0.15) is 37.4 Å². The summed E-state index contributed by atoms with van der Waals surface area (Å²) in [6.07, 6.45) is 7.95. The lowest BCUT2D eigenvalue weighted by atomic mass is 9.75. The van der Waals surface area contributed by atoms with Crippen LogP contribution in [-0.2, 0) is 0 Å². The molecule has 194 valence electrons. The van der Waals surface area contributed by atoms with Crippen LogP contribution in [-0.4, -0.2) is 42.4 Å². The normalized spacial score (nSPS) is 19.2. The zero-order valence-electron chi connectivity index (χ0n) is 22.0. The van der Waals surface area contributed by atoms with Crippen LogP contribution in [0.3, 0.4) is 0 Å². The predicted molar refractivity (Wildman–Crippen MR) is 156 cm³/mol. The van der Waals surface area contributed by atoms with Gasteiger partial charge in [-0.1, -0.05) is 92.7 Å². The smallest absolute Gasteiger partial charge is 0.132 e. The first-order valence-corrected chi connectivity index (χ1v) is 14.2. The van der Waals surface area contributed by atoms with Crippen molar-refractivity contribution in [2.75, 3.05) is 19.4 Å². The van der Waals surface area contributed by atoms with Crippen molar-refractivity contribution < 1.29 is 9.84 Å². The van der Waals surface area contributed by atoms with Crippen LogP contribution in [0, 0.1) is 11.8 Å². The van der Waals surface area contributed by atoms with E-state index < -0.39 is 11.6 Å². The summed E-state index contributed by atoms with van der Waals surface area (Å²) < 4.78 is 6.00. The van der Waals surface area contributed by atoms with Crippen molar-refractivity contribution in [2.45, 2.75) is 42.8 Å². The van der Waals surface area contributed by atoms with E-state index in [1.54, 1.807) is 11.8 Å². The van der Waals surface area contributed by atoms with Crippen molar-refractivity contribution in [1.82, 2.24) is 5.32 Å². The fourth-order valence-corrected chi connectivity index (χ4v) is 5.61. The van der Waals surface area contributed by atoms with Gasteiger partial charge in [-0.05, 0) is 54.0 Å². The van der Waals surface area contributed by atoms with Crippen molar-refractivity contribution in [3.8, 4) is 5.75 Å². The van der Waals surface area contributed by atoms with E-state index in [-0.39, 0.29) is 18.6 Å². The van der Waals surface area contributed by atoms with Gasteiger partial charge in [-0.15, -0.1) is 11.8 Å². The highest BCUT2D eigenvalue weighted by atomic mass is 32.2. The Morgan fingerprint density at radius 2 is 1.54 bits per heavy atom. The van der Waals surface area contributed by atoms with E-state index in [0.29, 0.717) is 12.3 Å². The highest BCUT2D eigenvalue weighted by Gasteiger charge is 2.39. The molecule has 0 radical (unpaired) electrons. The van der Waals surface area contributed by atoms with Crippen LogP contribution in [0.15, 0.2) is 107 Å². The molecule has 1 heterocycles. The molecule has 4 atom stereocenters. The first-order chi connectivity index (χ1) is 18.0. The first kappa shape index (κ1) is 27.2. The lowest BCUT2D eigenvalue weighted by molar-refractivity contribution is 0.0701.